The third-order valence-corrected chi connectivity index (χ3v) is 6.98. The molecule has 0 aromatic carbocycles. The normalized spacial score (nSPS) is 18.8. The van der Waals surface area contributed by atoms with E-state index in [1.165, 1.54) is 38.5 Å². The van der Waals surface area contributed by atoms with Crippen LogP contribution in [-0.2, 0) is 18.0 Å². The molecule has 0 atom stereocenters. The van der Waals surface area contributed by atoms with Crippen molar-refractivity contribution in [3.8, 4) is 0 Å². The monoisotopic (exact) mass is 276 g/mol. The maximum absolute atomic E-state index is 5.99. The molecule has 0 bridgehead atoms. The first-order valence-electron chi connectivity index (χ1n) is 7.11. The molecule has 0 spiro atoms. The quantitative estimate of drug-likeness (QED) is 0.388. The van der Waals surface area contributed by atoms with E-state index in [-0.39, 0.29) is 0 Å². The van der Waals surface area contributed by atoms with Crippen molar-refractivity contribution in [3.63, 3.8) is 0 Å². The molecule has 1 aliphatic rings. The fourth-order valence-corrected chi connectivity index (χ4v) is 5.46. The van der Waals surface area contributed by atoms with E-state index in [9.17, 15) is 0 Å². The van der Waals surface area contributed by atoms with Crippen LogP contribution in [0.25, 0.3) is 0 Å². The van der Waals surface area contributed by atoms with E-state index in [2.05, 4.69) is 0 Å². The maximum Gasteiger partial charge on any atom is 0.503 e. The number of rotatable bonds is 8. The van der Waals surface area contributed by atoms with Crippen LogP contribution in [0.3, 0.4) is 0 Å². The second kappa shape index (κ2) is 9.04. The summed E-state index contributed by atoms with van der Waals surface area (Å²) in [6, 6.07) is 0. The number of hydrogen-bond donors (Lipinski definition) is 0. The van der Waals surface area contributed by atoms with E-state index in [1.807, 2.05) is 6.92 Å². The van der Waals surface area contributed by atoms with Crippen LogP contribution in [0.4, 0.5) is 0 Å². The van der Waals surface area contributed by atoms with E-state index in [0.717, 1.165) is 6.61 Å². The third kappa shape index (κ3) is 4.62. The first kappa shape index (κ1) is 16.1. The summed E-state index contributed by atoms with van der Waals surface area (Å²) in [5.74, 6) is 0. The summed E-state index contributed by atoms with van der Waals surface area (Å²) in [5.41, 5.74) is 0.455. The molecule has 0 radical (unpaired) electrons. The average molecular weight is 276 g/mol. The van der Waals surface area contributed by atoms with Gasteiger partial charge in [0.15, 0.2) is 0 Å². The van der Waals surface area contributed by atoms with Crippen LogP contribution in [0.2, 0.25) is 5.54 Å². The van der Waals surface area contributed by atoms with Gasteiger partial charge in [0.1, 0.15) is 0 Å². The summed E-state index contributed by atoms with van der Waals surface area (Å²) < 4.78 is 22.7. The molecule has 0 unspecified atom stereocenters. The van der Waals surface area contributed by atoms with E-state index in [4.69, 9.17) is 18.0 Å². The summed E-state index contributed by atoms with van der Waals surface area (Å²) >= 11 is 0. The lowest BCUT2D eigenvalue weighted by molar-refractivity contribution is 0.0460. The fraction of sp³-hybridized carbons (Fsp3) is 1.00. The molecule has 1 rings (SSSR count). The Kier molecular flexibility index (Phi) is 8.09. The van der Waals surface area contributed by atoms with E-state index in [0.29, 0.717) is 18.8 Å². The van der Waals surface area contributed by atoms with Crippen molar-refractivity contribution in [1.82, 2.24) is 0 Å². The molecule has 4 nitrogen and oxygen atoms in total. The summed E-state index contributed by atoms with van der Waals surface area (Å²) in [4.78, 5) is 0. The van der Waals surface area contributed by atoms with Crippen LogP contribution in [-0.4, -0.2) is 42.8 Å². The van der Waals surface area contributed by atoms with Gasteiger partial charge in [0, 0.05) is 26.4 Å². The summed E-state index contributed by atoms with van der Waals surface area (Å²) in [5, 5.41) is 0. The van der Waals surface area contributed by atoms with Gasteiger partial charge in [0.2, 0.25) is 0 Å². The van der Waals surface area contributed by atoms with Crippen LogP contribution in [0.15, 0.2) is 0 Å². The Bertz CT molecular complexity index is 201. The van der Waals surface area contributed by atoms with Gasteiger partial charge in [-0.05, 0) is 19.8 Å². The first-order chi connectivity index (χ1) is 8.79. The lowest BCUT2D eigenvalue weighted by Crippen LogP contribution is -2.49. The summed E-state index contributed by atoms with van der Waals surface area (Å²) in [7, 11) is 0.942. The van der Waals surface area contributed by atoms with Gasteiger partial charge >= 0.3 is 8.80 Å². The maximum atomic E-state index is 5.99. The SMILES string of the molecule is CCOCCO[Si](OC)(OC)C1CCCCCC1. The van der Waals surface area contributed by atoms with Gasteiger partial charge in [-0.2, -0.15) is 0 Å². The van der Waals surface area contributed by atoms with Crippen molar-refractivity contribution in [1.29, 1.82) is 0 Å². The molecular weight excluding hydrogens is 248 g/mol. The minimum Gasteiger partial charge on any atom is -0.379 e. The highest BCUT2D eigenvalue weighted by Crippen LogP contribution is 2.37. The molecule has 1 fully saturated rings. The molecule has 1 saturated carbocycles. The third-order valence-electron chi connectivity index (χ3n) is 3.66. The van der Waals surface area contributed by atoms with Gasteiger partial charge in [0.25, 0.3) is 0 Å². The lowest BCUT2D eigenvalue weighted by atomic mass is 10.2. The van der Waals surface area contributed by atoms with Crippen molar-refractivity contribution in [2.24, 2.45) is 0 Å². The second-order valence-electron chi connectivity index (χ2n) is 4.75. The predicted molar refractivity (Wildman–Crippen MR) is 73.7 cm³/mol. The van der Waals surface area contributed by atoms with Crippen molar-refractivity contribution >= 4 is 8.80 Å². The Labute approximate surface area is 112 Å². The molecule has 5 heteroatoms. The number of hydrogen-bond acceptors (Lipinski definition) is 4. The topological polar surface area (TPSA) is 36.9 Å². The molecule has 0 aromatic rings. The molecule has 0 saturated heterocycles. The summed E-state index contributed by atoms with van der Waals surface area (Å²) in [6.45, 7) is 3.90. The van der Waals surface area contributed by atoms with Gasteiger partial charge in [-0.1, -0.05) is 25.7 Å². The van der Waals surface area contributed by atoms with Crippen LogP contribution in [0.1, 0.15) is 45.4 Å². The standard InChI is InChI=1S/C13H28O4Si/c1-4-16-11-12-17-18(14-2,15-3)13-9-7-5-6-8-10-13/h13H,4-12H2,1-3H3. The van der Waals surface area contributed by atoms with Gasteiger partial charge < -0.3 is 18.0 Å². The van der Waals surface area contributed by atoms with E-state index >= 15 is 0 Å². The van der Waals surface area contributed by atoms with Crippen LogP contribution in [0.5, 0.6) is 0 Å². The molecule has 0 aromatic heterocycles. The average Bonchev–Trinajstić information content (AvgIpc) is 2.69. The molecule has 108 valence electrons. The zero-order chi connectivity index (χ0) is 13.3. The Morgan fingerprint density at radius 1 is 0.944 bits per heavy atom. The molecule has 1 aliphatic carbocycles. The first-order valence-corrected chi connectivity index (χ1v) is 8.91. The minimum atomic E-state index is -2.50. The van der Waals surface area contributed by atoms with Gasteiger partial charge in [-0.25, -0.2) is 0 Å². The molecule has 0 N–H and O–H groups in total. The zero-order valence-corrected chi connectivity index (χ0v) is 13.1. The Balaban J connectivity index is 2.53. The Morgan fingerprint density at radius 3 is 2.06 bits per heavy atom. The van der Waals surface area contributed by atoms with Gasteiger partial charge in [-0.15, -0.1) is 0 Å². The van der Waals surface area contributed by atoms with Crippen LogP contribution in [0, 0.1) is 0 Å². The predicted octanol–water partition coefficient (Wildman–Crippen LogP) is 3.00. The van der Waals surface area contributed by atoms with Crippen molar-refractivity contribution in [3.05, 3.63) is 0 Å². The molecule has 0 aliphatic heterocycles. The fourth-order valence-electron chi connectivity index (χ4n) is 2.67. The van der Waals surface area contributed by atoms with E-state index < -0.39 is 8.80 Å². The molecular formula is C13H28O4Si. The van der Waals surface area contributed by atoms with Crippen molar-refractivity contribution < 1.29 is 18.0 Å². The lowest BCUT2D eigenvalue weighted by Gasteiger charge is -2.33. The smallest absolute Gasteiger partial charge is 0.379 e. The van der Waals surface area contributed by atoms with Crippen molar-refractivity contribution in [2.45, 2.75) is 51.0 Å². The van der Waals surface area contributed by atoms with Gasteiger partial charge in [0.05, 0.1) is 13.2 Å². The van der Waals surface area contributed by atoms with Gasteiger partial charge in [-0.3, -0.25) is 0 Å². The number of ether oxygens (including phenoxy) is 1. The minimum absolute atomic E-state index is 0.455. The highest BCUT2D eigenvalue weighted by atomic mass is 28.4. The summed E-state index contributed by atoms with van der Waals surface area (Å²) in [6.07, 6.45) is 7.52. The van der Waals surface area contributed by atoms with E-state index in [1.54, 1.807) is 14.2 Å². The second-order valence-corrected chi connectivity index (χ2v) is 7.87. The van der Waals surface area contributed by atoms with Crippen LogP contribution < -0.4 is 0 Å². The Morgan fingerprint density at radius 2 is 1.56 bits per heavy atom. The largest absolute Gasteiger partial charge is 0.503 e. The Hall–Kier alpha value is 0.0569. The highest BCUT2D eigenvalue weighted by Gasteiger charge is 2.47. The van der Waals surface area contributed by atoms with Crippen molar-refractivity contribution in [2.75, 3.05) is 34.0 Å². The zero-order valence-electron chi connectivity index (χ0n) is 12.1. The molecule has 18 heavy (non-hydrogen) atoms. The highest BCUT2D eigenvalue weighted by molar-refractivity contribution is 6.62. The molecule has 0 heterocycles. The molecule has 0 amide bonds. The van der Waals surface area contributed by atoms with Crippen LogP contribution >= 0.6 is 0 Å².